The smallest absolute Gasteiger partial charge is 0.312 e. The molecule has 4 bridgehead atoms. The quantitative estimate of drug-likeness (QED) is 0.0553. The first-order valence-electron chi connectivity index (χ1n) is 21.7. The van der Waals surface area contributed by atoms with E-state index in [1.54, 1.807) is 51.2 Å². The minimum Gasteiger partial charge on any atom is -0.507 e. The van der Waals surface area contributed by atoms with Gasteiger partial charge >= 0.3 is 5.79 Å². The van der Waals surface area contributed by atoms with Gasteiger partial charge < -0.3 is 54.3 Å². The number of anilines is 1. The number of aromatic hydroxyl groups is 2. The van der Waals surface area contributed by atoms with E-state index in [0.29, 0.717) is 29.1 Å². The maximum Gasteiger partial charge on any atom is 0.312 e. The predicted octanol–water partition coefficient (Wildman–Crippen LogP) is 5.53. The van der Waals surface area contributed by atoms with Gasteiger partial charge in [0.25, 0.3) is 11.7 Å². The second-order valence-electron chi connectivity index (χ2n) is 17.5. The van der Waals surface area contributed by atoms with Crippen molar-refractivity contribution in [3.8, 4) is 17.2 Å². The Balaban J connectivity index is 1.54. The van der Waals surface area contributed by atoms with E-state index in [0.717, 1.165) is 19.6 Å². The number of carbonyl (C=O) groups excluding carboxylic acids is 2. The Morgan fingerprint density at radius 3 is 2.40 bits per heavy atom. The maximum absolute atomic E-state index is 14.8. The molecule has 2 aromatic carbocycles. The molecule has 1 spiro atoms. The number of methoxy groups -OCH3 is 1. The second-order valence-corrected chi connectivity index (χ2v) is 19.6. The summed E-state index contributed by atoms with van der Waals surface area (Å²) in [5, 5.41) is 51.0. The summed E-state index contributed by atoms with van der Waals surface area (Å²) in [7, 11) is 1.50. The molecule has 1 unspecified atom stereocenters. The first-order chi connectivity index (χ1) is 29.8. The van der Waals surface area contributed by atoms with Gasteiger partial charge in [0.2, 0.25) is 0 Å². The van der Waals surface area contributed by atoms with E-state index in [9.17, 15) is 30.0 Å². The molecule has 6 rings (SSSR count). The van der Waals surface area contributed by atoms with Crippen molar-refractivity contribution in [1.29, 1.82) is 0 Å². The number of rotatable bonds is 8. The van der Waals surface area contributed by atoms with E-state index in [2.05, 4.69) is 51.3 Å². The number of allylic oxidation sites excluding steroid dienone is 2. The Hall–Kier alpha value is -3.91. The lowest BCUT2D eigenvalue weighted by Crippen LogP contribution is -2.47. The number of nitrogens with one attached hydrogen (secondary N) is 1. The zero-order valence-electron chi connectivity index (χ0n) is 37.7. The molecule has 0 radical (unpaired) electrons. The SMILES string of the molecule is C=C[C@H]1[C@@H](OCOCC)[C@H](C)[C@H](O)[C@H](C)[C@@H](O)[C@@H](C)/C=C/C=C(/C)C(=O)N=c2c(O)c3c(O)c(C)c4c(c3c3c2=NC2(CCN(CC(C)I)CC2)N3)C(=O)[C@@](C)(O/C=C/[C@@H]1OC)O4. The Bertz CT molecular complexity index is 2310. The summed E-state index contributed by atoms with van der Waals surface area (Å²) in [4.78, 5) is 40.7. The fraction of sp³-hybridized carbons (Fsp3) is 0.574. The van der Waals surface area contributed by atoms with Crippen molar-refractivity contribution in [1.82, 2.24) is 4.90 Å². The number of aliphatic hydroxyl groups excluding tert-OH is 2. The Morgan fingerprint density at radius 1 is 1.06 bits per heavy atom. The first-order valence-corrected chi connectivity index (χ1v) is 22.9. The van der Waals surface area contributed by atoms with Gasteiger partial charge in [-0.2, -0.15) is 0 Å². The van der Waals surface area contributed by atoms with Crippen LogP contribution in [0.4, 0.5) is 5.69 Å². The summed E-state index contributed by atoms with van der Waals surface area (Å²) in [6.07, 6.45) is 7.14. The van der Waals surface area contributed by atoms with Crippen molar-refractivity contribution >= 4 is 50.7 Å². The number of benzene rings is 2. The molecule has 4 aliphatic rings. The van der Waals surface area contributed by atoms with Gasteiger partial charge in [-0.25, -0.2) is 4.99 Å². The summed E-state index contributed by atoms with van der Waals surface area (Å²) < 4.78 is 30.7. The summed E-state index contributed by atoms with van der Waals surface area (Å²) in [6, 6.07) is 0. The van der Waals surface area contributed by atoms with E-state index >= 15 is 0 Å². The van der Waals surface area contributed by atoms with Gasteiger partial charge in [-0.05, 0) is 26.8 Å². The Morgan fingerprint density at radius 2 is 1.76 bits per heavy atom. The van der Waals surface area contributed by atoms with Crippen LogP contribution < -0.4 is 20.8 Å². The van der Waals surface area contributed by atoms with Crippen LogP contribution in [0.25, 0.3) is 10.8 Å². The number of hydrogen-bond donors (Lipinski definition) is 5. The van der Waals surface area contributed by atoms with E-state index in [-0.39, 0.29) is 56.5 Å². The minimum atomic E-state index is -1.94. The number of carbonyl (C=O) groups is 2. The van der Waals surface area contributed by atoms with Crippen molar-refractivity contribution in [2.45, 2.75) is 108 Å². The largest absolute Gasteiger partial charge is 0.507 e. The normalized spacial score (nSPS) is 32.5. The predicted molar refractivity (Wildman–Crippen MR) is 247 cm³/mol. The molecule has 0 aliphatic carbocycles. The third-order valence-electron chi connectivity index (χ3n) is 13.0. The highest BCUT2D eigenvalue weighted by molar-refractivity contribution is 14.1. The fourth-order valence-corrected chi connectivity index (χ4v) is 9.74. The van der Waals surface area contributed by atoms with Crippen LogP contribution in [0, 0.1) is 30.6 Å². The number of halogens is 1. The molecular weight excluding hydrogens is 923 g/mol. The van der Waals surface area contributed by atoms with Crippen molar-refractivity contribution in [2.75, 3.05) is 45.5 Å². The lowest BCUT2D eigenvalue weighted by molar-refractivity contribution is -0.151. The van der Waals surface area contributed by atoms with Crippen LogP contribution >= 0.6 is 22.6 Å². The average molecular weight is 987 g/mol. The van der Waals surface area contributed by atoms with Gasteiger partial charge in [0, 0.05) is 97.2 Å². The molecule has 16 heteroatoms. The van der Waals surface area contributed by atoms with Crippen LogP contribution in [-0.4, -0.2) is 117 Å². The highest BCUT2D eigenvalue weighted by Gasteiger charge is 2.51. The van der Waals surface area contributed by atoms with Crippen LogP contribution in [0.1, 0.15) is 77.2 Å². The van der Waals surface area contributed by atoms with Crippen LogP contribution in [0.3, 0.4) is 0 Å². The van der Waals surface area contributed by atoms with Crippen molar-refractivity contribution < 1.29 is 53.7 Å². The number of phenolic OH excluding ortho intramolecular Hbond substituents is 2. The zero-order chi connectivity index (χ0) is 46.1. The summed E-state index contributed by atoms with van der Waals surface area (Å²) in [5.41, 5.74) is -0.0601. The highest BCUT2D eigenvalue weighted by atomic mass is 127. The van der Waals surface area contributed by atoms with Gasteiger partial charge in [0.15, 0.2) is 5.75 Å². The lowest BCUT2D eigenvalue weighted by atomic mass is 9.78. The van der Waals surface area contributed by atoms with E-state index in [1.807, 2.05) is 20.8 Å². The number of alkyl halides is 1. The molecule has 1 amide bonds. The first kappa shape index (κ1) is 48.5. The number of aliphatic hydroxyl groups is 2. The molecule has 4 heterocycles. The van der Waals surface area contributed by atoms with E-state index in [1.165, 1.54) is 20.3 Å². The van der Waals surface area contributed by atoms with Crippen molar-refractivity contribution in [2.24, 2.45) is 33.7 Å². The number of amides is 1. The number of ketones is 1. The number of likely N-dealkylation sites (tertiary alicyclic amines) is 1. The van der Waals surface area contributed by atoms with Gasteiger partial charge in [-0.3, -0.25) is 14.6 Å². The Labute approximate surface area is 382 Å². The van der Waals surface area contributed by atoms with E-state index in [4.69, 9.17) is 28.7 Å². The standard InChI is InChI=1S/C47H63IN4O11/c1-11-30-31(59-10)16-21-62-46(9)44(57)34-32-33(40(55)29(8)43(34)63-46)41(56)37(36-35(32)50-47(51-36)17-19-52(20-18-47)22-26(5)48)49-45(58)25(4)15-13-14-24(3)38(53)27(6)39(54)28(7)42(30)61-23-60-12-2/h11,13-16,21,24,26-28,30-31,38-39,42,50,53-56H,1,12,17-20,22-23H2,2-10H3/b14-13+,21-16+,25-15-,49-37?/t24-,26?,27+,28+,30+,31-,38-,39+,42-,46-/m0/s1. The number of phenols is 2. The zero-order valence-corrected chi connectivity index (χ0v) is 39.8. The lowest BCUT2D eigenvalue weighted by Gasteiger charge is -2.38. The molecule has 0 aromatic heterocycles. The van der Waals surface area contributed by atoms with Crippen LogP contribution in [0.2, 0.25) is 0 Å². The molecule has 344 valence electrons. The number of ether oxygens (including phenoxy) is 5. The maximum atomic E-state index is 14.8. The van der Waals surface area contributed by atoms with E-state index < -0.39 is 77.0 Å². The summed E-state index contributed by atoms with van der Waals surface area (Å²) >= 11 is 2.41. The molecule has 1 fully saturated rings. The van der Waals surface area contributed by atoms with Crippen LogP contribution in [-0.2, 0) is 23.7 Å². The number of Topliss-reactive ketones (excluding diaryl/α,β-unsaturated/α-hetero) is 1. The van der Waals surface area contributed by atoms with Crippen molar-refractivity contribution in [3.05, 3.63) is 70.6 Å². The molecule has 2 aromatic rings. The molecule has 5 N–H and O–H groups in total. The number of fused-ring (bicyclic) bond motifs is 1. The van der Waals surface area contributed by atoms with Gasteiger partial charge in [0.05, 0.1) is 47.3 Å². The fourth-order valence-electron chi connectivity index (χ4n) is 9.18. The third kappa shape index (κ3) is 9.45. The molecule has 1 saturated heterocycles. The van der Waals surface area contributed by atoms with Gasteiger partial charge in [-0.15, -0.1) is 6.58 Å². The minimum absolute atomic E-state index is 0.0668. The Kier molecular flexibility index (Phi) is 15.2. The monoisotopic (exact) mass is 986 g/mol. The number of nitrogens with zero attached hydrogens (tertiary/aromatic N) is 3. The average Bonchev–Trinajstić information content (AvgIpc) is 3.75. The number of piperidine rings is 1. The van der Waals surface area contributed by atoms with Crippen molar-refractivity contribution in [3.63, 3.8) is 0 Å². The summed E-state index contributed by atoms with van der Waals surface area (Å²) in [5.74, 6) is -6.26. The topological polar surface area (TPSA) is 201 Å². The molecule has 4 aliphatic heterocycles. The van der Waals surface area contributed by atoms with Gasteiger partial charge in [-0.1, -0.05) is 74.6 Å². The van der Waals surface area contributed by atoms with Crippen LogP contribution in [0.5, 0.6) is 17.2 Å². The third-order valence-corrected chi connectivity index (χ3v) is 13.4. The van der Waals surface area contributed by atoms with Crippen LogP contribution in [0.15, 0.2) is 58.8 Å². The van der Waals surface area contributed by atoms with Gasteiger partial charge in [0.1, 0.15) is 34.7 Å². The molecule has 10 atom stereocenters. The molecule has 63 heavy (non-hydrogen) atoms. The highest BCUT2D eigenvalue weighted by Crippen LogP contribution is 2.51. The summed E-state index contributed by atoms with van der Waals surface area (Å²) in [6.45, 7) is 20.7. The number of hydrogen-bond acceptors (Lipinski definition) is 14. The molecule has 0 saturated carbocycles. The second kappa shape index (κ2) is 19.7. The molecular formula is C47H63IN4O11. The molecule has 15 nitrogen and oxygen atoms in total.